The van der Waals surface area contributed by atoms with Crippen molar-refractivity contribution in [1.82, 2.24) is 4.90 Å². The first-order valence-electron chi connectivity index (χ1n) is 14.6. The molecule has 4 rings (SSSR count). The summed E-state index contributed by atoms with van der Waals surface area (Å²) in [6.45, 7) is 6.16. The maximum atomic E-state index is 14.4. The van der Waals surface area contributed by atoms with E-state index >= 15 is 0 Å². The van der Waals surface area contributed by atoms with Gasteiger partial charge in [0.25, 0.3) is 5.91 Å². The van der Waals surface area contributed by atoms with Crippen molar-refractivity contribution < 1.29 is 37.0 Å². The molecule has 3 aromatic rings. The molecule has 0 spiro atoms. The fourth-order valence-corrected chi connectivity index (χ4v) is 5.30. The Labute approximate surface area is 275 Å². The highest BCUT2D eigenvalue weighted by Crippen LogP contribution is 2.35. The van der Waals surface area contributed by atoms with Gasteiger partial charge in [-0.1, -0.05) is 61.0 Å². The third-order valence-electron chi connectivity index (χ3n) is 7.83. The maximum Gasteiger partial charge on any atom is 0.449 e. The van der Waals surface area contributed by atoms with Gasteiger partial charge in [0.1, 0.15) is 11.3 Å². The van der Waals surface area contributed by atoms with Crippen LogP contribution < -0.4 is 5.73 Å². The summed E-state index contributed by atoms with van der Waals surface area (Å²) in [7, 11) is 1.36. The minimum absolute atomic E-state index is 0.0498. The molecule has 0 radical (unpaired) electrons. The number of halogens is 4. The zero-order chi connectivity index (χ0) is 34.7. The van der Waals surface area contributed by atoms with Crippen LogP contribution in [0.3, 0.4) is 0 Å². The van der Waals surface area contributed by atoms with Crippen LogP contribution in [0.5, 0.6) is 0 Å². The van der Waals surface area contributed by atoms with E-state index in [0.29, 0.717) is 22.4 Å². The SMILES string of the molecule is COC(/C(C(=O)N(Cc1ccc(C(F)(F)F)o1)Cc1ccc(-c2cccc(C(C)(C)C(=O)O)c2)cc1Cl)=C1/N=CC=CC1C)=C(\C)N. The fraction of sp³-hybridized carbons (Fsp3) is 0.286. The Morgan fingerprint density at radius 3 is 2.36 bits per heavy atom. The first-order chi connectivity index (χ1) is 22.0. The van der Waals surface area contributed by atoms with Crippen LogP contribution in [0.25, 0.3) is 11.1 Å². The lowest BCUT2D eigenvalue weighted by Gasteiger charge is -2.27. The Bertz CT molecular complexity index is 1800. The number of benzene rings is 2. The molecule has 0 saturated heterocycles. The van der Waals surface area contributed by atoms with Crippen LogP contribution in [0.4, 0.5) is 13.2 Å². The first-order valence-corrected chi connectivity index (χ1v) is 15.0. The van der Waals surface area contributed by atoms with Crippen LogP contribution in [-0.2, 0) is 39.0 Å². The van der Waals surface area contributed by atoms with Crippen LogP contribution in [0, 0.1) is 5.92 Å². The predicted molar refractivity (Wildman–Crippen MR) is 173 cm³/mol. The lowest BCUT2D eigenvalue weighted by atomic mass is 9.83. The first kappa shape index (κ1) is 35.1. The van der Waals surface area contributed by atoms with Crippen LogP contribution >= 0.6 is 11.6 Å². The van der Waals surface area contributed by atoms with E-state index in [-0.39, 0.29) is 46.8 Å². The van der Waals surface area contributed by atoms with Gasteiger partial charge in [-0.3, -0.25) is 14.6 Å². The summed E-state index contributed by atoms with van der Waals surface area (Å²) in [5, 5.41) is 9.96. The van der Waals surface area contributed by atoms with Crippen molar-refractivity contribution in [3.05, 3.63) is 117 Å². The molecule has 47 heavy (non-hydrogen) atoms. The van der Waals surface area contributed by atoms with Gasteiger partial charge < -0.3 is 24.9 Å². The van der Waals surface area contributed by atoms with E-state index in [2.05, 4.69) is 4.99 Å². The molecule has 12 heteroatoms. The lowest BCUT2D eigenvalue weighted by molar-refractivity contribution is -0.153. The van der Waals surface area contributed by atoms with Crippen molar-refractivity contribution in [3.63, 3.8) is 0 Å². The van der Waals surface area contributed by atoms with E-state index < -0.39 is 29.2 Å². The predicted octanol–water partition coefficient (Wildman–Crippen LogP) is 7.88. The number of ether oxygens (including phenoxy) is 1. The molecule has 1 aromatic heterocycles. The van der Waals surface area contributed by atoms with Gasteiger partial charge in [0.15, 0.2) is 5.76 Å². The van der Waals surface area contributed by atoms with Crippen molar-refractivity contribution in [1.29, 1.82) is 0 Å². The normalized spacial score (nSPS) is 16.5. The summed E-state index contributed by atoms with van der Waals surface area (Å²) < 4.78 is 50.8. The number of carbonyl (C=O) groups is 2. The minimum Gasteiger partial charge on any atom is -0.494 e. The van der Waals surface area contributed by atoms with Gasteiger partial charge in [-0.25, -0.2) is 0 Å². The maximum absolute atomic E-state index is 14.4. The number of hydrogen-bond acceptors (Lipinski definition) is 6. The van der Waals surface area contributed by atoms with Crippen molar-refractivity contribution in [2.75, 3.05) is 7.11 Å². The van der Waals surface area contributed by atoms with Gasteiger partial charge in [0.05, 0.1) is 24.8 Å². The number of hydrogen-bond donors (Lipinski definition) is 2. The molecule has 2 heterocycles. The molecule has 8 nitrogen and oxygen atoms in total. The smallest absolute Gasteiger partial charge is 0.449 e. The quantitative estimate of drug-likeness (QED) is 0.168. The minimum atomic E-state index is -4.71. The fourth-order valence-electron chi connectivity index (χ4n) is 5.06. The number of carbonyl (C=O) groups excluding carboxylic acids is 1. The summed E-state index contributed by atoms with van der Waals surface area (Å²) in [5.41, 5.74) is 8.13. The van der Waals surface area contributed by atoms with Crippen LogP contribution in [0.2, 0.25) is 5.02 Å². The van der Waals surface area contributed by atoms with Crippen molar-refractivity contribution >= 4 is 29.7 Å². The topological polar surface area (TPSA) is 118 Å². The number of amides is 1. The molecule has 1 aliphatic rings. The summed E-state index contributed by atoms with van der Waals surface area (Å²) in [4.78, 5) is 32.0. The van der Waals surface area contributed by atoms with Crippen LogP contribution in [-0.4, -0.2) is 35.2 Å². The largest absolute Gasteiger partial charge is 0.494 e. The second-order valence-electron chi connectivity index (χ2n) is 11.7. The van der Waals surface area contributed by atoms with E-state index in [4.69, 9.17) is 26.5 Å². The highest BCUT2D eigenvalue weighted by Gasteiger charge is 2.36. The monoisotopic (exact) mass is 669 g/mol. The van der Waals surface area contributed by atoms with Gasteiger partial charge >= 0.3 is 12.1 Å². The summed E-state index contributed by atoms with van der Waals surface area (Å²) in [5.74, 6) is -3.12. The van der Waals surface area contributed by atoms with Gasteiger partial charge in [-0.2, -0.15) is 13.2 Å². The number of rotatable bonds is 10. The Morgan fingerprint density at radius 1 is 1.09 bits per heavy atom. The van der Waals surface area contributed by atoms with E-state index in [1.54, 1.807) is 63.2 Å². The van der Waals surface area contributed by atoms with Crippen LogP contribution in [0.1, 0.15) is 50.3 Å². The van der Waals surface area contributed by atoms with Crippen molar-refractivity contribution in [3.8, 4) is 11.1 Å². The Kier molecular flexibility index (Phi) is 10.4. The molecular formula is C35H35ClF3N3O5. The number of aliphatic carboxylic acids is 1. The molecule has 0 aliphatic carbocycles. The molecule has 1 atom stereocenters. The number of nitrogens with two attached hydrogens (primary N) is 1. The zero-order valence-corrected chi connectivity index (χ0v) is 27.2. The molecule has 0 fully saturated rings. The lowest BCUT2D eigenvalue weighted by Crippen LogP contribution is -2.33. The molecule has 2 aromatic carbocycles. The molecule has 3 N–H and O–H groups in total. The third-order valence-corrected chi connectivity index (χ3v) is 8.18. The molecule has 1 unspecified atom stereocenters. The molecule has 1 amide bonds. The van der Waals surface area contributed by atoms with Gasteiger partial charge in [-0.05, 0) is 67.3 Å². The number of allylic oxidation sites excluding steroid dienone is 3. The average molecular weight is 670 g/mol. The number of alkyl halides is 3. The zero-order valence-electron chi connectivity index (χ0n) is 26.5. The molecule has 248 valence electrons. The third kappa shape index (κ3) is 7.79. The van der Waals surface area contributed by atoms with Gasteiger partial charge in [0, 0.05) is 29.4 Å². The molecule has 0 bridgehead atoms. The number of carboxylic acids is 1. The van der Waals surface area contributed by atoms with E-state index in [1.807, 2.05) is 19.1 Å². The number of furan rings is 1. The summed E-state index contributed by atoms with van der Waals surface area (Å²) >= 11 is 6.76. The van der Waals surface area contributed by atoms with Gasteiger partial charge in [0.2, 0.25) is 5.76 Å². The number of dihydropyridines is 1. The number of methoxy groups -OCH3 is 1. The molecule has 0 saturated carbocycles. The number of carboxylic acid groups (broad SMARTS) is 1. The Balaban J connectivity index is 1.78. The van der Waals surface area contributed by atoms with Gasteiger partial charge in [-0.15, -0.1) is 0 Å². The Morgan fingerprint density at radius 2 is 1.79 bits per heavy atom. The summed E-state index contributed by atoms with van der Waals surface area (Å²) in [6.07, 6.45) is 0.387. The van der Waals surface area contributed by atoms with Crippen molar-refractivity contribution in [2.45, 2.75) is 52.4 Å². The van der Waals surface area contributed by atoms with E-state index in [1.165, 1.54) is 18.2 Å². The summed E-state index contributed by atoms with van der Waals surface area (Å²) in [6, 6.07) is 14.2. The highest BCUT2D eigenvalue weighted by molar-refractivity contribution is 6.31. The second kappa shape index (κ2) is 13.9. The molecular weight excluding hydrogens is 635 g/mol. The van der Waals surface area contributed by atoms with E-state index in [9.17, 15) is 27.9 Å². The second-order valence-corrected chi connectivity index (χ2v) is 12.1. The van der Waals surface area contributed by atoms with Crippen LogP contribution in [0.15, 0.2) is 98.9 Å². The highest BCUT2D eigenvalue weighted by atomic mass is 35.5. The van der Waals surface area contributed by atoms with Crippen molar-refractivity contribution in [2.24, 2.45) is 16.6 Å². The van der Waals surface area contributed by atoms with E-state index in [0.717, 1.165) is 17.7 Å². The standard InChI is InChI=1S/C35H35ClF3N3O5/c1-20-8-7-15-41-30(20)29(31(46-5)21(2)40)32(43)42(19-26-13-14-28(47-26)35(37,38)39)18-24-12-11-23(17-27(24)36)22-9-6-10-25(16-22)34(3,4)33(44)45/h6-17,20H,18-19,40H2,1-5H3,(H,44,45)/b30-29-,31-21+. The number of aliphatic imine (C=N–C) groups is 1. The Hall–Kier alpha value is -4.77. The number of nitrogens with zero attached hydrogens (tertiary/aromatic N) is 2. The average Bonchev–Trinajstić information content (AvgIpc) is 3.50. The molecule has 1 aliphatic heterocycles.